The second kappa shape index (κ2) is 5.97. The quantitative estimate of drug-likeness (QED) is 0.422. The van der Waals surface area contributed by atoms with Crippen LogP contribution >= 0.6 is 0 Å². The van der Waals surface area contributed by atoms with Gasteiger partial charge in [0, 0.05) is 5.57 Å². The molecule has 0 N–H and O–H groups in total. The average molecular weight is 275 g/mol. The Morgan fingerprint density at radius 3 is 2.00 bits per heavy atom. The highest BCUT2D eigenvalue weighted by Crippen LogP contribution is 2.22. The SMILES string of the molecule is C=C(C)C(=O)OC(CC)[Si](C)(C)O[Si](C)(C)C. The molecule has 0 aromatic carbocycles. The van der Waals surface area contributed by atoms with Gasteiger partial charge in [-0.3, -0.25) is 0 Å². The lowest BCUT2D eigenvalue weighted by Gasteiger charge is -2.36. The molecule has 100 valence electrons. The molecule has 0 heterocycles. The fourth-order valence-corrected chi connectivity index (χ4v) is 10.0. The maximum absolute atomic E-state index is 11.6. The van der Waals surface area contributed by atoms with Gasteiger partial charge in [-0.2, -0.15) is 0 Å². The third-order valence-electron chi connectivity index (χ3n) is 2.31. The van der Waals surface area contributed by atoms with Gasteiger partial charge in [0.1, 0.15) is 5.73 Å². The number of carbonyl (C=O) groups excluding carboxylic acids is 1. The van der Waals surface area contributed by atoms with Crippen LogP contribution in [-0.2, 0) is 13.6 Å². The van der Waals surface area contributed by atoms with Crippen LogP contribution in [0, 0.1) is 0 Å². The summed E-state index contributed by atoms with van der Waals surface area (Å²) in [6, 6.07) is 0. The third-order valence-corrected chi connectivity index (χ3v) is 8.94. The Labute approximate surface area is 107 Å². The van der Waals surface area contributed by atoms with Crippen LogP contribution in [0.5, 0.6) is 0 Å². The number of hydrogen-bond acceptors (Lipinski definition) is 3. The maximum atomic E-state index is 11.6. The van der Waals surface area contributed by atoms with E-state index in [4.69, 9.17) is 8.85 Å². The standard InChI is InChI=1S/C12H26O3Si2/c1-9-11(14-12(13)10(2)3)17(7,8)15-16(4,5)6/h11H,2,9H2,1,3-8H3. The van der Waals surface area contributed by atoms with Crippen LogP contribution in [-0.4, -0.2) is 28.3 Å². The van der Waals surface area contributed by atoms with Crippen molar-refractivity contribution in [2.45, 2.75) is 58.7 Å². The molecular formula is C12H26O3Si2. The molecule has 0 saturated carbocycles. The van der Waals surface area contributed by atoms with Gasteiger partial charge in [-0.05, 0) is 46.1 Å². The number of esters is 1. The molecular weight excluding hydrogens is 248 g/mol. The van der Waals surface area contributed by atoms with E-state index in [1.807, 2.05) is 6.92 Å². The molecule has 0 aromatic heterocycles. The first-order chi connectivity index (χ1) is 7.49. The molecule has 0 rings (SSSR count). The minimum Gasteiger partial charge on any atom is -0.460 e. The largest absolute Gasteiger partial charge is 0.460 e. The summed E-state index contributed by atoms with van der Waals surface area (Å²) in [6.07, 6.45) is 0.794. The normalized spacial score (nSPS) is 14.3. The Hall–Kier alpha value is -0.396. The molecule has 1 unspecified atom stereocenters. The van der Waals surface area contributed by atoms with Gasteiger partial charge in [0.15, 0.2) is 8.32 Å². The number of ether oxygens (including phenoxy) is 1. The van der Waals surface area contributed by atoms with E-state index < -0.39 is 16.6 Å². The van der Waals surface area contributed by atoms with E-state index in [1.165, 1.54) is 0 Å². The van der Waals surface area contributed by atoms with E-state index in [0.29, 0.717) is 5.57 Å². The van der Waals surface area contributed by atoms with Gasteiger partial charge >= 0.3 is 5.97 Å². The van der Waals surface area contributed by atoms with Crippen molar-refractivity contribution in [1.29, 1.82) is 0 Å². The second-order valence-corrected chi connectivity index (χ2v) is 14.8. The predicted molar refractivity (Wildman–Crippen MR) is 76.9 cm³/mol. The van der Waals surface area contributed by atoms with E-state index in [1.54, 1.807) is 6.92 Å². The van der Waals surface area contributed by atoms with Crippen molar-refractivity contribution in [2.75, 3.05) is 0 Å². The minimum atomic E-state index is -2.00. The first-order valence-electron chi connectivity index (χ1n) is 6.06. The summed E-state index contributed by atoms with van der Waals surface area (Å²) in [4.78, 5) is 11.6. The minimum absolute atomic E-state index is 0.0987. The highest BCUT2D eigenvalue weighted by atomic mass is 28.4. The predicted octanol–water partition coefficient (Wildman–Crippen LogP) is 3.48. The molecule has 0 aliphatic carbocycles. The van der Waals surface area contributed by atoms with E-state index >= 15 is 0 Å². The maximum Gasteiger partial charge on any atom is 0.333 e. The Morgan fingerprint density at radius 1 is 1.24 bits per heavy atom. The molecule has 0 amide bonds. The van der Waals surface area contributed by atoms with Crippen LogP contribution in [0.2, 0.25) is 32.7 Å². The van der Waals surface area contributed by atoms with Gasteiger partial charge in [0.05, 0.1) is 0 Å². The van der Waals surface area contributed by atoms with Crippen molar-refractivity contribution in [3.05, 3.63) is 12.2 Å². The lowest BCUT2D eigenvalue weighted by molar-refractivity contribution is -0.141. The Balaban J connectivity index is 4.74. The van der Waals surface area contributed by atoms with E-state index in [0.717, 1.165) is 6.42 Å². The zero-order valence-corrected chi connectivity index (χ0v) is 14.2. The van der Waals surface area contributed by atoms with Gasteiger partial charge < -0.3 is 8.85 Å². The van der Waals surface area contributed by atoms with Crippen molar-refractivity contribution in [1.82, 2.24) is 0 Å². The summed E-state index contributed by atoms with van der Waals surface area (Å²) in [5.74, 6) is -0.309. The Morgan fingerprint density at radius 2 is 1.71 bits per heavy atom. The summed E-state index contributed by atoms with van der Waals surface area (Å²) in [5.41, 5.74) is 0.347. The van der Waals surface area contributed by atoms with Gasteiger partial charge in [0.2, 0.25) is 8.32 Å². The first-order valence-corrected chi connectivity index (χ1v) is 12.5. The summed E-state index contributed by atoms with van der Waals surface area (Å²) in [6.45, 7) is 18.0. The number of rotatable bonds is 6. The van der Waals surface area contributed by atoms with E-state index in [9.17, 15) is 4.79 Å². The van der Waals surface area contributed by atoms with Crippen molar-refractivity contribution in [3.63, 3.8) is 0 Å². The van der Waals surface area contributed by atoms with Crippen LogP contribution < -0.4 is 0 Å². The molecule has 1 atom stereocenters. The molecule has 0 saturated heterocycles. The molecule has 3 nitrogen and oxygen atoms in total. The van der Waals surface area contributed by atoms with Gasteiger partial charge in [-0.1, -0.05) is 13.5 Å². The molecule has 0 aliphatic rings. The second-order valence-electron chi connectivity index (χ2n) is 5.90. The zero-order valence-electron chi connectivity index (χ0n) is 12.2. The summed E-state index contributed by atoms with van der Waals surface area (Å²) < 4.78 is 11.7. The molecule has 0 fully saturated rings. The van der Waals surface area contributed by atoms with E-state index in [-0.39, 0.29) is 11.7 Å². The summed E-state index contributed by atoms with van der Waals surface area (Å²) in [5, 5.41) is 0. The van der Waals surface area contributed by atoms with Gasteiger partial charge in [0.25, 0.3) is 0 Å². The third kappa shape index (κ3) is 6.19. The molecule has 0 bridgehead atoms. The lowest BCUT2D eigenvalue weighted by Crippen LogP contribution is -2.52. The average Bonchev–Trinajstić information content (AvgIpc) is 2.08. The van der Waals surface area contributed by atoms with Crippen molar-refractivity contribution >= 4 is 22.6 Å². The lowest BCUT2D eigenvalue weighted by atomic mass is 10.4. The molecule has 0 spiro atoms. The van der Waals surface area contributed by atoms with Crippen LogP contribution in [0.1, 0.15) is 20.3 Å². The van der Waals surface area contributed by atoms with E-state index in [2.05, 4.69) is 39.3 Å². The molecule has 5 heteroatoms. The number of hydrogen-bond donors (Lipinski definition) is 0. The molecule has 0 aromatic rings. The fourth-order valence-electron chi connectivity index (χ4n) is 1.80. The Kier molecular flexibility index (Phi) is 5.83. The van der Waals surface area contributed by atoms with Gasteiger partial charge in [-0.15, -0.1) is 0 Å². The number of carbonyl (C=O) groups is 1. The van der Waals surface area contributed by atoms with Crippen molar-refractivity contribution in [2.24, 2.45) is 0 Å². The molecule has 17 heavy (non-hydrogen) atoms. The molecule has 0 aliphatic heterocycles. The molecule has 0 radical (unpaired) electrons. The highest BCUT2D eigenvalue weighted by Gasteiger charge is 2.39. The zero-order chi connectivity index (χ0) is 13.9. The topological polar surface area (TPSA) is 35.5 Å². The monoisotopic (exact) mass is 274 g/mol. The summed E-state index contributed by atoms with van der Waals surface area (Å²) >= 11 is 0. The van der Waals surface area contributed by atoms with Crippen molar-refractivity contribution in [3.8, 4) is 0 Å². The smallest absolute Gasteiger partial charge is 0.333 e. The van der Waals surface area contributed by atoms with Crippen LogP contribution in [0.4, 0.5) is 0 Å². The summed E-state index contributed by atoms with van der Waals surface area (Å²) in [7, 11) is -3.60. The van der Waals surface area contributed by atoms with Crippen LogP contribution in [0.25, 0.3) is 0 Å². The highest BCUT2D eigenvalue weighted by molar-refractivity contribution is 6.84. The van der Waals surface area contributed by atoms with Crippen molar-refractivity contribution < 1.29 is 13.6 Å². The Bertz CT molecular complexity index is 293. The first kappa shape index (κ1) is 16.6. The fraction of sp³-hybridized carbons (Fsp3) is 0.750. The van der Waals surface area contributed by atoms with Gasteiger partial charge in [-0.25, -0.2) is 4.79 Å². The van der Waals surface area contributed by atoms with Crippen LogP contribution in [0.15, 0.2) is 12.2 Å². The van der Waals surface area contributed by atoms with Crippen LogP contribution in [0.3, 0.4) is 0 Å².